The second-order valence-corrected chi connectivity index (χ2v) is 9.68. The molecule has 0 amide bonds. The molecule has 2 rings (SSSR count). The lowest BCUT2D eigenvalue weighted by Gasteiger charge is -2.11. The maximum absolute atomic E-state index is 12.7. The van der Waals surface area contributed by atoms with Gasteiger partial charge in [0.15, 0.2) is 11.5 Å². The zero-order chi connectivity index (χ0) is 30.6. The first-order valence-corrected chi connectivity index (χ1v) is 14.4. The third-order valence-corrected chi connectivity index (χ3v) is 6.42. The second kappa shape index (κ2) is 19.7. The highest BCUT2D eigenvalue weighted by atomic mass is 16.6. The molecule has 9 heteroatoms. The fourth-order valence-electron chi connectivity index (χ4n) is 3.71. The van der Waals surface area contributed by atoms with Gasteiger partial charge in [-0.3, -0.25) is 4.79 Å². The zero-order valence-corrected chi connectivity index (χ0v) is 24.8. The van der Waals surface area contributed by atoms with Gasteiger partial charge in [-0.2, -0.15) is 5.26 Å². The molecule has 0 radical (unpaired) electrons. The van der Waals surface area contributed by atoms with Crippen molar-refractivity contribution < 1.29 is 38.1 Å². The van der Waals surface area contributed by atoms with E-state index in [0.717, 1.165) is 44.9 Å². The van der Waals surface area contributed by atoms with Crippen molar-refractivity contribution >= 4 is 24.0 Å². The lowest BCUT2D eigenvalue weighted by Crippen LogP contribution is -2.14. The van der Waals surface area contributed by atoms with Crippen LogP contribution in [0.3, 0.4) is 0 Å². The van der Waals surface area contributed by atoms with Gasteiger partial charge in [0.05, 0.1) is 44.3 Å². The van der Waals surface area contributed by atoms with Crippen LogP contribution in [0.4, 0.5) is 0 Å². The molecule has 226 valence electrons. The lowest BCUT2D eigenvalue weighted by molar-refractivity contribution is -0.148. The van der Waals surface area contributed by atoms with Gasteiger partial charge in [0.2, 0.25) is 0 Å². The van der Waals surface area contributed by atoms with E-state index in [1.807, 2.05) is 19.9 Å². The molecule has 0 saturated heterocycles. The van der Waals surface area contributed by atoms with Gasteiger partial charge in [0, 0.05) is 6.08 Å². The van der Waals surface area contributed by atoms with E-state index in [0.29, 0.717) is 35.8 Å². The second-order valence-electron chi connectivity index (χ2n) is 9.68. The summed E-state index contributed by atoms with van der Waals surface area (Å²) in [6.07, 6.45) is 9.85. The van der Waals surface area contributed by atoms with Crippen LogP contribution in [0.15, 0.2) is 48.5 Å². The third kappa shape index (κ3) is 12.9. The molecule has 0 aliphatic carbocycles. The van der Waals surface area contributed by atoms with Crippen LogP contribution in [0, 0.1) is 17.2 Å². The van der Waals surface area contributed by atoms with Crippen LogP contribution in [-0.2, 0) is 19.1 Å². The molecule has 2 aromatic carbocycles. The Balaban J connectivity index is 1.70. The van der Waals surface area contributed by atoms with E-state index in [1.54, 1.807) is 42.5 Å². The number of hydrogen-bond donors (Lipinski definition) is 0. The summed E-state index contributed by atoms with van der Waals surface area (Å²) in [5.41, 5.74) is 1.01. The molecule has 2 aromatic rings. The summed E-state index contributed by atoms with van der Waals surface area (Å²) in [4.78, 5) is 36.0. The molecule has 0 fully saturated rings. The van der Waals surface area contributed by atoms with Gasteiger partial charge in [-0.25, -0.2) is 9.59 Å². The Morgan fingerprint density at radius 1 is 0.881 bits per heavy atom. The molecule has 1 unspecified atom stereocenters. The minimum Gasteiger partial charge on any atom is -0.494 e. The Hall–Kier alpha value is -4.32. The maximum atomic E-state index is 12.7. The summed E-state index contributed by atoms with van der Waals surface area (Å²) in [7, 11) is 1.45. The van der Waals surface area contributed by atoms with Crippen LogP contribution in [0.25, 0.3) is 6.08 Å². The maximum Gasteiger partial charge on any atom is 0.343 e. The van der Waals surface area contributed by atoms with E-state index in [2.05, 4.69) is 0 Å². The van der Waals surface area contributed by atoms with Gasteiger partial charge < -0.3 is 23.7 Å². The van der Waals surface area contributed by atoms with Crippen molar-refractivity contribution in [3.63, 3.8) is 0 Å². The minimum absolute atomic E-state index is 0.0270. The van der Waals surface area contributed by atoms with Crippen molar-refractivity contribution in [3.8, 4) is 23.3 Å². The standard InChI is InChI=1S/C33H41NO8/c1-4-25(2)32(36)41-22-10-8-6-5-7-9-21-39-28-16-14-27(15-17-28)33(37)42-29-18-12-26(24-30(29)38-3)13-19-31(35)40-23-11-20-34/h12-19,24-25H,4-11,21-23H2,1-3H3/b19-13+. The number of unbranched alkanes of at least 4 members (excludes halogenated alkanes) is 5. The van der Waals surface area contributed by atoms with Crippen LogP contribution in [0.5, 0.6) is 17.2 Å². The average molecular weight is 580 g/mol. The quantitative estimate of drug-likeness (QED) is 0.0775. The largest absolute Gasteiger partial charge is 0.494 e. The molecule has 9 nitrogen and oxygen atoms in total. The number of hydrogen-bond acceptors (Lipinski definition) is 9. The number of methoxy groups -OCH3 is 1. The van der Waals surface area contributed by atoms with E-state index in [4.69, 9.17) is 28.9 Å². The SMILES string of the molecule is CCC(C)C(=O)OCCCCCCCCOc1ccc(C(=O)Oc2ccc(/C=C/C(=O)OCCC#N)cc2OC)cc1. The summed E-state index contributed by atoms with van der Waals surface area (Å²) < 4.78 is 26.8. The van der Waals surface area contributed by atoms with Gasteiger partial charge >= 0.3 is 17.9 Å². The number of nitrogens with zero attached hydrogens (tertiary/aromatic N) is 1. The number of benzene rings is 2. The zero-order valence-electron chi connectivity index (χ0n) is 24.8. The van der Waals surface area contributed by atoms with Gasteiger partial charge in [-0.15, -0.1) is 0 Å². The van der Waals surface area contributed by atoms with Crippen LogP contribution >= 0.6 is 0 Å². The topological polar surface area (TPSA) is 121 Å². The number of nitriles is 1. The van der Waals surface area contributed by atoms with Crippen molar-refractivity contribution in [2.45, 2.75) is 65.2 Å². The Bertz CT molecular complexity index is 1200. The summed E-state index contributed by atoms with van der Waals surface area (Å²) in [6.45, 7) is 4.99. The summed E-state index contributed by atoms with van der Waals surface area (Å²) >= 11 is 0. The monoisotopic (exact) mass is 579 g/mol. The number of carbonyl (C=O) groups is 3. The molecule has 0 aliphatic heterocycles. The van der Waals surface area contributed by atoms with Crippen molar-refractivity contribution in [1.82, 2.24) is 0 Å². The van der Waals surface area contributed by atoms with E-state index in [-0.39, 0.29) is 30.7 Å². The van der Waals surface area contributed by atoms with Crippen molar-refractivity contribution in [2.24, 2.45) is 5.92 Å². The van der Waals surface area contributed by atoms with E-state index in [9.17, 15) is 14.4 Å². The Morgan fingerprint density at radius 2 is 1.57 bits per heavy atom. The number of esters is 3. The molecule has 0 heterocycles. The van der Waals surface area contributed by atoms with E-state index >= 15 is 0 Å². The Morgan fingerprint density at radius 3 is 2.24 bits per heavy atom. The molecule has 0 aromatic heterocycles. The first kappa shape index (κ1) is 33.9. The predicted octanol–water partition coefficient (Wildman–Crippen LogP) is 6.69. The Labute approximate surface area is 248 Å². The normalized spacial score (nSPS) is 11.4. The fourth-order valence-corrected chi connectivity index (χ4v) is 3.71. The highest BCUT2D eigenvalue weighted by Crippen LogP contribution is 2.29. The molecule has 0 aliphatic rings. The first-order valence-electron chi connectivity index (χ1n) is 14.4. The first-order chi connectivity index (χ1) is 20.4. The van der Waals surface area contributed by atoms with Gasteiger partial charge in [0.1, 0.15) is 12.4 Å². The fraction of sp³-hybridized carbons (Fsp3) is 0.455. The van der Waals surface area contributed by atoms with Crippen LogP contribution < -0.4 is 14.2 Å². The van der Waals surface area contributed by atoms with E-state index < -0.39 is 11.9 Å². The van der Waals surface area contributed by atoms with Gasteiger partial charge in [-0.05, 0) is 67.3 Å². The molecular weight excluding hydrogens is 538 g/mol. The summed E-state index contributed by atoms with van der Waals surface area (Å²) in [6, 6.07) is 13.5. The molecule has 1 atom stereocenters. The minimum atomic E-state index is -0.558. The van der Waals surface area contributed by atoms with Crippen molar-refractivity contribution in [2.75, 3.05) is 26.9 Å². The summed E-state index contributed by atoms with van der Waals surface area (Å²) in [5.74, 6) is 0.00945. The van der Waals surface area contributed by atoms with E-state index in [1.165, 1.54) is 19.3 Å². The third-order valence-electron chi connectivity index (χ3n) is 6.42. The number of rotatable bonds is 19. The molecular formula is C33H41NO8. The number of carbonyl (C=O) groups excluding carboxylic acids is 3. The average Bonchev–Trinajstić information content (AvgIpc) is 3.01. The van der Waals surface area contributed by atoms with Crippen molar-refractivity contribution in [1.29, 1.82) is 5.26 Å². The number of ether oxygens (including phenoxy) is 5. The lowest BCUT2D eigenvalue weighted by atomic mass is 10.1. The predicted molar refractivity (Wildman–Crippen MR) is 158 cm³/mol. The molecule has 42 heavy (non-hydrogen) atoms. The molecule has 0 bridgehead atoms. The highest BCUT2D eigenvalue weighted by Gasteiger charge is 2.14. The van der Waals surface area contributed by atoms with Crippen molar-refractivity contribution in [3.05, 3.63) is 59.7 Å². The summed E-state index contributed by atoms with van der Waals surface area (Å²) in [5, 5.41) is 8.50. The molecule has 0 spiro atoms. The van der Waals surface area contributed by atoms with Crippen LogP contribution in [-0.4, -0.2) is 44.8 Å². The van der Waals surface area contributed by atoms with Gasteiger partial charge in [0.25, 0.3) is 0 Å². The Kier molecular flexibility index (Phi) is 15.9. The van der Waals surface area contributed by atoms with Gasteiger partial charge in [-0.1, -0.05) is 45.6 Å². The highest BCUT2D eigenvalue weighted by molar-refractivity contribution is 5.91. The van der Waals surface area contributed by atoms with Crippen LogP contribution in [0.1, 0.15) is 81.1 Å². The molecule has 0 saturated carbocycles. The smallest absolute Gasteiger partial charge is 0.343 e. The van der Waals surface area contributed by atoms with Crippen LogP contribution in [0.2, 0.25) is 0 Å². The molecule has 0 N–H and O–H groups in total.